The van der Waals surface area contributed by atoms with Crippen LogP contribution in [0.2, 0.25) is 0 Å². The minimum absolute atomic E-state index is 0.535. The quantitative estimate of drug-likeness (QED) is 0.902. The molecule has 1 heterocycles. The predicted molar refractivity (Wildman–Crippen MR) is 81.4 cm³/mol. The van der Waals surface area contributed by atoms with Crippen LogP contribution in [-0.2, 0) is 6.54 Å². The fourth-order valence-corrected chi connectivity index (χ4v) is 2.94. The molecule has 0 amide bonds. The highest BCUT2D eigenvalue weighted by molar-refractivity contribution is 5.46. The lowest BCUT2D eigenvalue weighted by Gasteiger charge is -2.39. The van der Waals surface area contributed by atoms with E-state index in [1.807, 2.05) is 13.2 Å². The first-order valence-corrected chi connectivity index (χ1v) is 7.34. The standard InChI is InChI=1S/C16H27N3/c1-16(2)8-5-14(6-9-16)19(4)15-7-10-18-13(11-15)12-17-3/h7,10-11,14,17H,5-6,8-9,12H2,1-4H3. The lowest BCUT2D eigenvalue weighted by Crippen LogP contribution is -2.37. The molecule has 0 atom stereocenters. The van der Waals surface area contributed by atoms with Crippen molar-refractivity contribution in [2.75, 3.05) is 19.0 Å². The highest BCUT2D eigenvalue weighted by Gasteiger charge is 2.28. The van der Waals surface area contributed by atoms with Crippen LogP contribution in [0.15, 0.2) is 18.3 Å². The lowest BCUT2D eigenvalue weighted by molar-refractivity contribution is 0.222. The second-order valence-electron chi connectivity index (χ2n) is 6.54. The fourth-order valence-electron chi connectivity index (χ4n) is 2.94. The van der Waals surface area contributed by atoms with Crippen molar-refractivity contribution in [2.45, 2.75) is 52.1 Å². The summed E-state index contributed by atoms with van der Waals surface area (Å²) in [4.78, 5) is 6.83. The molecule has 1 aromatic heterocycles. The zero-order chi connectivity index (χ0) is 13.9. The average molecular weight is 261 g/mol. The summed E-state index contributed by atoms with van der Waals surface area (Å²) in [6.45, 7) is 5.61. The molecule has 1 aliphatic rings. The summed E-state index contributed by atoms with van der Waals surface area (Å²) >= 11 is 0. The van der Waals surface area contributed by atoms with Gasteiger partial charge in [0, 0.05) is 31.5 Å². The summed E-state index contributed by atoms with van der Waals surface area (Å²) in [6, 6.07) is 5.01. The van der Waals surface area contributed by atoms with Gasteiger partial charge in [-0.05, 0) is 50.3 Å². The number of anilines is 1. The molecule has 106 valence electrons. The topological polar surface area (TPSA) is 28.2 Å². The van der Waals surface area contributed by atoms with Gasteiger partial charge >= 0.3 is 0 Å². The number of hydrogen-bond donors (Lipinski definition) is 1. The summed E-state index contributed by atoms with van der Waals surface area (Å²) in [7, 11) is 4.18. The van der Waals surface area contributed by atoms with Gasteiger partial charge in [0.15, 0.2) is 0 Å². The first-order valence-electron chi connectivity index (χ1n) is 7.34. The number of nitrogens with zero attached hydrogens (tertiary/aromatic N) is 2. The van der Waals surface area contributed by atoms with Gasteiger partial charge in [-0.2, -0.15) is 0 Å². The summed E-state index contributed by atoms with van der Waals surface area (Å²) < 4.78 is 0. The SMILES string of the molecule is CNCc1cc(N(C)C2CCC(C)(C)CC2)ccn1. The Morgan fingerprint density at radius 2 is 2.05 bits per heavy atom. The van der Waals surface area contributed by atoms with Crippen molar-refractivity contribution in [3.8, 4) is 0 Å². The monoisotopic (exact) mass is 261 g/mol. The van der Waals surface area contributed by atoms with Crippen molar-refractivity contribution in [2.24, 2.45) is 5.41 Å². The van der Waals surface area contributed by atoms with Crippen LogP contribution in [0.1, 0.15) is 45.2 Å². The molecule has 0 aromatic carbocycles. The average Bonchev–Trinajstić information content (AvgIpc) is 2.39. The van der Waals surface area contributed by atoms with Crippen molar-refractivity contribution < 1.29 is 0 Å². The highest BCUT2D eigenvalue weighted by Crippen LogP contribution is 2.37. The smallest absolute Gasteiger partial charge is 0.0562 e. The first kappa shape index (κ1) is 14.3. The van der Waals surface area contributed by atoms with Crippen LogP contribution in [0.3, 0.4) is 0 Å². The maximum atomic E-state index is 4.39. The van der Waals surface area contributed by atoms with Gasteiger partial charge < -0.3 is 10.2 Å². The first-order chi connectivity index (χ1) is 9.02. The third kappa shape index (κ3) is 3.69. The Balaban J connectivity index is 2.03. The van der Waals surface area contributed by atoms with E-state index in [9.17, 15) is 0 Å². The Morgan fingerprint density at radius 1 is 1.37 bits per heavy atom. The fraction of sp³-hybridized carbons (Fsp3) is 0.688. The molecule has 0 unspecified atom stereocenters. The summed E-state index contributed by atoms with van der Waals surface area (Å²) in [5.74, 6) is 0. The third-order valence-corrected chi connectivity index (χ3v) is 4.42. The van der Waals surface area contributed by atoms with Crippen molar-refractivity contribution in [1.82, 2.24) is 10.3 Å². The van der Waals surface area contributed by atoms with Crippen molar-refractivity contribution in [1.29, 1.82) is 0 Å². The number of rotatable bonds is 4. The van der Waals surface area contributed by atoms with E-state index >= 15 is 0 Å². The van der Waals surface area contributed by atoms with Crippen LogP contribution < -0.4 is 10.2 Å². The van der Waals surface area contributed by atoms with Crippen molar-refractivity contribution in [3.05, 3.63) is 24.0 Å². The van der Waals surface area contributed by atoms with Crippen LogP contribution in [0.25, 0.3) is 0 Å². The second kappa shape index (κ2) is 5.91. The molecule has 0 radical (unpaired) electrons. The molecule has 3 nitrogen and oxygen atoms in total. The molecule has 1 saturated carbocycles. The molecule has 1 N–H and O–H groups in total. The molecule has 3 heteroatoms. The number of pyridine rings is 1. The van der Waals surface area contributed by atoms with Gasteiger partial charge in [0.2, 0.25) is 0 Å². The van der Waals surface area contributed by atoms with Gasteiger partial charge in [0.05, 0.1) is 5.69 Å². The largest absolute Gasteiger partial charge is 0.372 e. The maximum Gasteiger partial charge on any atom is 0.0562 e. The molecule has 0 aliphatic heterocycles. The molecule has 1 aliphatic carbocycles. The Bertz CT molecular complexity index is 404. The molecule has 1 fully saturated rings. The molecule has 19 heavy (non-hydrogen) atoms. The highest BCUT2D eigenvalue weighted by atomic mass is 15.1. The number of nitrogens with one attached hydrogen (secondary N) is 1. The van der Waals surface area contributed by atoms with E-state index < -0.39 is 0 Å². The number of aromatic nitrogens is 1. The third-order valence-electron chi connectivity index (χ3n) is 4.42. The van der Waals surface area contributed by atoms with Crippen molar-refractivity contribution in [3.63, 3.8) is 0 Å². The minimum Gasteiger partial charge on any atom is -0.372 e. The predicted octanol–water partition coefficient (Wildman–Crippen LogP) is 3.21. The molecule has 0 saturated heterocycles. The minimum atomic E-state index is 0.535. The van der Waals surface area contributed by atoms with E-state index in [1.165, 1.54) is 31.4 Å². The van der Waals surface area contributed by atoms with E-state index in [0.717, 1.165) is 12.2 Å². The molecule has 2 rings (SSSR count). The van der Waals surface area contributed by atoms with E-state index in [2.05, 4.69) is 48.2 Å². The maximum absolute atomic E-state index is 4.39. The summed E-state index contributed by atoms with van der Waals surface area (Å²) in [5, 5.41) is 3.16. The van der Waals surface area contributed by atoms with Crippen LogP contribution in [0, 0.1) is 5.41 Å². The van der Waals surface area contributed by atoms with Crippen LogP contribution >= 0.6 is 0 Å². The van der Waals surface area contributed by atoms with Gasteiger partial charge in [-0.25, -0.2) is 0 Å². The summed E-state index contributed by atoms with van der Waals surface area (Å²) in [6.07, 6.45) is 7.18. The van der Waals surface area contributed by atoms with Gasteiger partial charge in [0.25, 0.3) is 0 Å². The van der Waals surface area contributed by atoms with Crippen LogP contribution in [0.5, 0.6) is 0 Å². The van der Waals surface area contributed by atoms with E-state index in [0.29, 0.717) is 11.5 Å². The zero-order valence-electron chi connectivity index (χ0n) is 12.7. The normalized spacial score (nSPS) is 19.4. The number of hydrogen-bond acceptors (Lipinski definition) is 3. The van der Waals surface area contributed by atoms with Crippen molar-refractivity contribution >= 4 is 5.69 Å². The Hall–Kier alpha value is -1.09. The molecule has 0 spiro atoms. The van der Waals surface area contributed by atoms with Gasteiger partial charge in [-0.3, -0.25) is 4.98 Å². The molecular weight excluding hydrogens is 234 g/mol. The van der Waals surface area contributed by atoms with E-state index in [4.69, 9.17) is 0 Å². The Kier molecular flexibility index (Phi) is 4.46. The van der Waals surface area contributed by atoms with E-state index in [-0.39, 0.29) is 0 Å². The Labute approximate surface area is 117 Å². The van der Waals surface area contributed by atoms with E-state index in [1.54, 1.807) is 0 Å². The van der Waals surface area contributed by atoms with Gasteiger partial charge in [0.1, 0.15) is 0 Å². The van der Waals surface area contributed by atoms with Crippen LogP contribution in [0.4, 0.5) is 5.69 Å². The lowest BCUT2D eigenvalue weighted by atomic mass is 9.75. The summed E-state index contributed by atoms with van der Waals surface area (Å²) in [5.41, 5.74) is 2.94. The van der Waals surface area contributed by atoms with Gasteiger partial charge in [-0.1, -0.05) is 13.8 Å². The molecular formula is C16H27N3. The van der Waals surface area contributed by atoms with Crippen LogP contribution in [-0.4, -0.2) is 25.1 Å². The zero-order valence-corrected chi connectivity index (χ0v) is 12.7. The molecule has 1 aromatic rings. The molecule has 0 bridgehead atoms. The second-order valence-corrected chi connectivity index (χ2v) is 6.54. The van der Waals surface area contributed by atoms with Gasteiger partial charge in [-0.15, -0.1) is 0 Å². The Morgan fingerprint density at radius 3 is 2.68 bits per heavy atom.